The van der Waals surface area contributed by atoms with Crippen molar-refractivity contribution in [2.75, 3.05) is 19.8 Å². The van der Waals surface area contributed by atoms with E-state index in [-0.39, 0.29) is 12.8 Å². The number of carbonyl (C=O) groups excluding carboxylic acids is 2. The van der Waals surface area contributed by atoms with Gasteiger partial charge in [-0.15, -0.1) is 0 Å². The molecule has 0 unspecified atom stereocenters. The standard InChI is InChI=1S/C12H22N2O5/c1-9(2)5-7-19-8-6-13-12(18)14-10(15)3-4-11(16)17/h9H,3-8H2,1-2H3,(H,16,17)(H2,13,14,15,18). The first-order valence-corrected chi connectivity index (χ1v) is 6.29. The quantitative estimate of drug-likeness (QED) is 0.538. The van der Waals surface area contributed by atoms with Crippen molar-refractivity contribution in [2.24, 2.45) is 5.92 Å². The topological polar surface area (TPSA) is 105 Å². The van der Waals surface area contributed by atoms with Crippen LogP contribution in [0.25, 0.3) is 0 Å². The van der Waals surface area contributed by atoms with Crippen LogP contribution in [0.2, 0.25) is 0 Å². The summed E-state index contributed by atoms with van der Waals surface area (Å²) < 4.78 is 5.27. The average Bonchev–Trinajstić information content (AvgIpc) is 2.30. The van der Waals surface area contributed by atoms with Crippen LogP contribution in [0.3, 0.4) is 0 Å². The van der Waals surface area contributed by atoms with Gasteiger partial charge in [0.1, 0.15) is 0 Å². The lowest BCUT2D eigenvalue weighted by Crippen LogP contribution is -2.40. The fourth-order valence-corrected chi connectivity index (χ4v) is 1.11. The van der Waals surface area contributed by atoms with Crippen molar-refractivity contribution >= 4 is 17.9 Å². The third-order valence-corrected chi connectivity index (χ3v) is 2.19. The molecular formula is C12H22N2O5. The van der Waals surface area contributed by atoms with Crippen molar-refractivity contribution in [3.05, 3.63) is 0 Å². The summed E-state index contributed by atoms with van der Waals surface area (Å²) in [6, 6.07) is -0.636. The smallest absolute Gasteiger partial charge is 0.321 e. The van der Waals surface area contributed by atoms with E-state index in [1.807, 2.05) is 5.32 Å². The monoisotopic (exact) mass is 274 g/mol. The van der Waals surface area contributed by atoms with Gasteiger partial charge in [0.25, 0.3) is 0 Å². The molecule has 0 aliphatic carbocycles. The second-order valence-electron chi connectivity index (χ2n) is 4.49. The van der Waals surface area contributed by atoms with Gasteiger partial charge in [0.15, 0.2) is 0 Å². The molecular weight excluding hydrogens is 252 g/mol. The molecule has 0 bridgehead atoms. The van der Waals surface area contributed by atoms with Gasteiger partial charge in [-0.2, -0.15) is 0 Å². The molecule has 3 N–H and O–H groups in total. The Bertz CT molecular complexity index is 304. The highest BCUT2D eigenvalue weighted by atomic mass is 16.5. The molecule has 0 saturated heterocycles. The van der Waals surface area contributed by atoms with Gasteiger partial charge in [-0.25, -0.2) is 4.79 Å². The van der Waals surface area contributed by atoms with Crippen LogP contribution in [0.4, 0.5) is 4.79 Å². The summed E-state index contributed by atoms with van der Waals surface area (Å²) in [7, 11) is 0. The first-order chi connectivity index (χ1) is 8.91. The number of aliphatic carboxylic acids is 1. The maximum Gasteiger partial charge on any atom is 0.321 e. The van der Waals surface area contributed by atoms with Crippen LogP contribution in [0, 0.1) is 5.92 Å². The number of nitrogens with one attached hydrogen (secondary N) is 2. The number of rotatable bonds is 9. The van der Waals surface area contributed by atoms with Crippen LogP contribution in [-0.2, 0) is 14.3 Å². The molecule has 0 heterocycles. The molecule has 0 aliphatic rings. The van der Waals surface area contributed by atoms with E-state index >= 15 is 0 Å². The lowest BCUT2D eigenvalue weighted by atomic mass is 10.1. The zero-order valence-corrected chi connectivity index (χ0v) is 11.4. The van der Waals surface area contributed by atoms with Crippen LogP contribution in [-0.4, -0.2) is 42.8 Å². The molecule has 0 radical (unpaired) electrons. The second-order valence-corrected chi connectivity index (χ2v) is 4.49. The summed E-state index contributed by atoms with van der Waals surface area (Å²) in [5.74, 6) is -1.11. The zero-order valence-electron chi connectivity index (χ0n) is 11.4. The van der Waals surface area contributed by atoms with Gasteiger partial charge in [0, 0.05) is 19.6 Å². The van der Waals surface area contributed by atoms with E-state index in [9.17, 15) is 14.4 Å². The summed E-state index contributed by atoms with van der Waals surface area (Å²) in [5, 5.41) is 12.8. The molecule has 7 nitrogen and oxygen atoms in total. The Morgan fingerprint density at radius 3 is 2.42 bits per heavy atom. The predicted octanol–water partition coefficient (Wildman–Crippen LogP) is 0.740. The minimum atomic E-state index is -1.07. The van der Waals surface area contributed by atoms with E-state index in [0.717, 1.165) is 6.42 Å². The summed E-state index contributed by atoms with van der Waals surface area (Å²) in [6.07, 6.45) is 0.449. The predicted molar refractivity (Wildman–Crippen MR) is 68.7 cm³/mol. The molecule has 0 aromatic carbocycles. The molecule has 7 heteroatoms. The molecule has 19 heavy (non-hydrogen) atoms. The molecule has 0 aromatic heterocycles. The third-order valence-electron chi connectivity index (χ3n) is 2.19. The normalized spacial score (nSPS) is 10.3. The van der Waals surface area contributed by atoms with Gasteiger partial charge < -0.3 is 15.2 Å². The molecule has 0 atom stereocenters. The van der Waals surface area contributed by atoms with Crippen LogP contribution < -0.4 is 10.6 Å². The van der Waals surface area contributed by atoms with Crippen LogP contribution in [0.5, 0.6) is 0 Å². The van der Waals surface area contributed by atoms with Crippen LogP contribution in [0.1, 0.15) is 33.1 Å². The van der Waals surface area contributed by atoms with Gasteiger partial charge in [-0.1, -0.05) is 13.8 Å². The van der Waals surface area contributed by atoms with Crippen LogP contribution >= 0.6 is 0 Å². The minimum Gasteiger partial charge on any atom is -0.481 e. The molecule has 0 aliphatic heterocycles. The summed E-state index contributed by atoms with van der Waals surface area (Å²) in [4.78, 5) is 32.5. The van der Waals surface area contributed by atoms with Crippen molar-refractivity contribution in [3.8, 4) is 0 Å². The molecule has 110 valence electrons. The lowest BCUT2D eigenvalue weighted by molar-refractivity contribution is -0.138. The zero-order chi connectivity index (χ0) is 14.7. The number of hydrogen-bond donors (Lipinski definition) is 3. The average molecular weight is 274 g/mol. The van der Waals surface area contributed by atoms with Gasteiger partial charge in [-0.3, -0.25) is 14.9 Å². The molecule has 0 aromatic rings. The van der Waals surface area contributed by atoms with Crippen molar-refractivity contribution in [1.29, 1.82) is 0 Å². The Kier molecular flexibility index (Phi) is 9.42. The number of urea groups is 1. The molecule has 0 saturated carbocycles. The van der Waals surface area contributed by atoms with Crippen molar-refractivity contribution in [3.63, 3.8) is 0 Å². The fourth-order valence-electron chi connectivity index (χ4n) is 1.11. The van der Waals surface area contributed by atoms with Gasteiger partial charge in [0.2, 0.25) is 5.91 Å². The highest BCUT2D eigenvalue weighted by Crippen LogP contribution is 1.98. The number of carboxylic acid groups (broad SMARTS) is 1. The van der Waals surface area contributed by atoms with E-state index in [1.54, 1.807) is 0 Å². The van der Waals surface area contributed by atoms with E-state index in [2.05, 4.69) is 19.2 Å². The van der Waals surface area contributed by atoms with E-state index in [4.69, 9.17) is 9.84 Å². The number of carboxylic acids is 1. The molecule has 3 amide bonds. The maximum atomic E-state index is 11.2. The fraction of sp³-hybridized carbons (Fsp3) is 0.750. The van der Waals surface area contributed by atoms with E-state index in [1.165, 1.54) is 0 Å². The molecule has 0 spiro atoms. The van der Waals surface area contributed by atoms with E-state index < -0.39 is 17.9 Å². The van der Waals surface area contributed by atoms with Gasteiger partial charge >= 0.3 is 12.0 Å². The highest BCUT2D eigenvalue weighted by Gasteiger charge is 2.08. The van der Waals surface area contributed by atoms with E-state index in [0.29, 0.717) is 25.7 Å². The van der Waals surface area contributed by atoms with Gasteiger partial charge in [-0.05, 0) is 12.3 Å². The van der Waals surface area contributed by atoms with Gasteiger partial charge in [0.05, 0.1) is 13.0 Å². The number of amides is 3. The maximum absolute atomic E-state index is 11.2. The Morgan fingerprint density at radius 2 is 1.84 bits per heavy atom. The number of hydrogen-bond acceptors (Lipinski definition) is 4. The largest absolute Gasteiger partial charge is 0.481 e. The Labute approximate surface area is 112 Å². The number of ether oxygens (including phenoxy) is 1. The molecule has 0 rings (SSSR count). The van der Waals surface area contributed by atoms with Crippen molar-refractivity contribution < 1.29 is 24.2 Å². The Balaban J connectivity index is 3.48. The minimum absolute atomic E-state index is 0.215. The second kappa shape index (κ2) is 10.3. The Hall–Kier alpha value is -1.63. The first-order valence-electron chi connectivity index (χ1n) is 6.29. The van der Waals surface area contributed by atoms with Crippen molar-refractivity contribution in [1.82, 2.24) is 10.6 Å². The summed E-state index contributed by atoms with van der Waals surface area (Å²) in [5.41, 5.74) is 0. The first kappa shape index (κ1) is 17.4. The SMILES string of the molecule is CC(C)CCOCCNC(=O)NC(=O)CCC(=O)O. The number of imide groups is 1. The number of carbonyl (C=O) groups is 3. The highest BCUT2D eigenvalue weighted by molar-refractivity contribution is 5.95. The van der Waals surface area contributed by atoms with Crippen LogP contribution in [0.15, 0.2) is 0 Å². The lowest BCUT2D eigenvalue weighted by Gasteiger charge is -2.08. The summed E-state index contributed by atoms with van der Waals surface area (Å²) in [6.45, 7) is 5.51. The molecule has 0 fully saturated rings. The Morgan fingerprint density at radius 1 is 1.16 bits per heavy atom. The summed E-state index contributed by atoms with van der Waals surface area (Å²) >= 11 is 0. The van der Waals surface area contributed by atoms with Crippen molar-refractivity contribution in [2.45, 2.75) is 33.1 Å². The third kappa shape index (κ3) is 12.6.